The predicted octanol–water partition coefficient (Wildman–Crippen LogP) is 4.24. The van der Waals surface area contributed by atoms with E-state index in [-0.39, 0.29) is 18.1 Å². The van der Waals surface area contributed by atoms with Crippen LogP contribution in [0.5, 0.6) is 11.5 Å². The molecule has 1 aromatic heterocycles. The summed E-state index contributed by atoms with van der Waals surface area (Å²) in [6.45, 7) is 2.04. The Morgan fingerprint density at radius 3 is 2.79 bits per heavy atom. The highest BCUT2D eigenvalue weighted by Gasteiger charge is 2.19. The van der Waals surface area contributed by atoms with E-state index in [2.05, 4.69) is 4.99 Å². The number of hydrogen-bond donors (Lipinski definition) is 2. The first-order valence-corrected chi connectivity index (χ1v) is 8.16. The second-order valence-electron chi connectivity index (χ2n) is 5.00. The lowest BCUT2D eigenvalue weighted by atomic mass is 10.1. The molecule has 5 nitrogen and oxygen atoms in total. The van der Waals surface area contributed by atoms with Crippen LogP contribution in [0.25, 0.3) is 10.1 Å². The molecule has 0 aliphatic heterocycles. The number of hydrogen-bond acceptors (Lipinski definition) is 6. The van der Waals surface area contributed by atoms with Gasteiger partial charge in [0.1, 0.15) is 22.1 Å². The van der Waals surface area contributed by atoms with Crippen molar-refractivity contribution in [3.63, 3.8) is 0 Å². The van der Waals surface area contributed by atoms with Gasteiger partial charge in [-0.1, -0.05) is 18.2 Å². The van der Waals surface area contributed by atoms with E-state index in [1.165, 1.54) is 29.7 Å². The topological polar surface area (TPSA) is 79.1 Å². The molecule has 0 radical (unpaired) electrons. The van der Waals surface area contributed by atoms with Crippen molar-refractivity contribution in [2.45, 2.75) is 6.92 Å². The van der Waals surface area contributed by atoms with Crippen molar-refractivity contribution in [3.8, 4) is 11.5 Å². The first kappa shape index (κ1) is 16.0. The smallest absolute Gasteiger partial charge is 0.341 e. The zero-order valence-electron chi connectivity index (χ0n) is 12.9. The summed E-state index contributed by atoms with van der Waals surface area (Å²) in [5, 5.41) is 20.5. The van der Waals surface area contributed by atoms with Gasteiger partial charge in [0.15, 0.2) is 0 Å². The Morgan fingerprint density at radius 2 is 2.04 bits per heavy atom. The number of thiophene rings is 1. The highest BCUT2D eigenvalue weighted by atomic mass is 32.1. The fourth-order valence-corrected chi connectivity index (χ4v) is 3.33. The lowest BCUT2D eigenvalue weighted by Crippen LogP contribution is -2.03. The molecule has 0 fully saturated rings. The minimum atomic E-state index is -0.419. The summed E-state index contributed by atoms with van der Waals surface area (Å²) in [7, 11) is 0. The summed E-state index contributed by atoms with van der Waals surface area (Å²) >= 11 is 1.38. The summed E-state index contributed by atoms with van der Waals surface area (Å²) < 4.78 is 6.07. The van der Waals surface area contributed by atoms with Gasteiger partial charge in [0.05, 0.1) is 6.61 Å². The Kier molecular flexibility index (Phi) is 4.48. The van der Waals surface area contributed by atoms with Crippen molar-refractivity contribution in [2.75, 3.05) is 6.61 Å². The highest BCUT2D eigenvalue weighted by molar-refractivity contribution is 7.23. The number of phenols is 2. The van der Waals surface area contributed by atoms with Crippen LogP contribution in [0.1, 0.15) is 22.8 Å². The standard InChI is InChI=1S/C18H15NO4S/c1-2-23-18(22)16-13-5-3-4-6-15(13)24-17(16)19-10-11-7-8-12(20)9-14(11)21/h3-10,20-21H,2H2,1H3/b19-10+. The van der Waals surface area contributed by atoms with Crippen LogP contribution in [0, 0.1) is 0 Å². The van der Waals surface area contributed by atoms with Gasteiger partial charge in [0.2, 0.25) is 0 Å². The molecule has 0 saturated carbocycles. The van der Waals surface area contributed by atoms with Gasteiger partial charge in [-0.2, -0.15) is 0 Å². The van der Waals surface area contributed by atoms with Crippen LogP contribution in [0.15, 0.2) is 47.5 Å². The molecule has 24 heavy (non-hydrogen) atoms. The van der Waals surface area contributed by atoms with Crippen molar-refractivity contribution >= 4 is 38.6 Å². The van der Waals surface area contributed by atoms with E-state index in [1.54, 1.807) is 13.0 Å². The summed E-state index contributed by atoms with van der Waals surface area (Å²) in [5.74, 6) is -0.534. The SMILES string of the molecule is CCOC(=O)c1c(/N=C/c2ccc(O)cc2O)sc2ccccc12. The van der Waals surface area contributed by atoms with Gasteiger partial charge >= 0.3 is 5.97 Å². The number of ether oxygens (including phenoxy) is 1. The zero-order chi connectivity index (χ0) is 17.1. The van der Waals surface area contributed by atoms with Crippen LogP contribution in [-0.4, -0.2) is 29.0 Å². The third-order valence-electron chi connectivity index (χ3n) is 3.39. The molecule has 122 valence electrons. The zero-order valence-corrected chi connectivity index (χ0v) is 13.7. The maximum absolute atomic E-state index is 12.3. The normalized spacial score (nSPS) is 11.2. The van der Waals surface area contributed by atoms with E-state index in [0.29, 0.717) is 16.1 Å². The monoisotopic (exact) mass is 341 g/mol. The molecule has 1 heterocycles. The fourth-order valence-electron chi connectivity index (χ4n) is 2.29. The second-order valence-corrected chi connectivity index (χ2v) is 6.03. The molecule has 3 aromatic rings. The van der Waals surface area contributed by atoms with E-state index >= 15 is 0 Å². The Hall–Kier alpha value is -2.86. The molecule has 6 heteroatoms. The number of carbonyl (C=O) groups excluding carboxylic acids is 1. The summed E-state index contributed by atoms with van der Waals surface area (Å²) in [4.78, 5) is 16.7. The predicted molar refractivity (Wildman–Crippen MR) is 94.8 cm³/mol. The van der Waals surface area contributed by atoms with Crippen molar-refractivity contribution in [1.29, 1.82) is 0 Å². The molecule has 0 amide bonds. The van der Waals surface area contributed by atoms with E-state index < -0.39 is 5.97 Å². The molecule has 0 saturated heterocycles. The molecular weight excluding hydrogens is 326 g/mol. The molecule has 3 rings (SSSR count). The number of fused-ring (bicyclic) bond motifs is 1. The van der Waals surface area contributed by atoms with Crippen LogP contribution in [0.4, 0.5) is 5.00 Å². The van der Waals surface area contributed by atoms with Crippen LogP contribution in [0.3, 0.4) is 0 Å². The molecular formula is C18H15NO4S. The number of rotatable bonds is 4. The lowest BCUT2D eigenvalue weighted by Gasteiger charge is -2.02. The average Bonchev–Trinajstić information content (AvgIpc) is 2.92. The molecule has 0 aliphatic carbocycles. The molecule has 0 spiro atoms. The Bertz CT molecular complexity index is 930. The van der Waals surface area contributed by atoms with E-state index in [9.17, 15) is 15.0 Å². The van der Waals surface area contributed by atoms with Crippen molar-refractivity contribution < 1.29 is 19.7 Å². The number of phenolic OH excluding ortho intramolecular Hbond substituents is 2. The average molecular weight is 341 g/mol. The van der Waals surface area contributed by atoms with E-state index in [0.717, 1.165) is 10.1 Å². The van der Waals surface area contributed by atoms with Gasteiger partial charge in [-0.05, 0) is 25.1 Å². The van der Waals surface area contributed by atoms with Gasteiger partial charge < -0.3 is 14.9 Å². The minimum Gasteiger partial charge on any atom is -0.508 e. The van der Waals surface area contributed by atoms with Crippen molar-refractivity contribution in [2.24, 2.45) is 4.99 Å². The first-order chi connectivity index (χ1) is 11.6. The second kappa shape index (κ2) is 6.72. The Balaban J connectivity index is 2.06. The van der Waals surface area contributed by atoms with Gasteiger partial charge in [0, 0.05) is 27.9 Å². The maximum atomic E-state index is 12.3. The highest BCUT2D eigenvalue weighted by Crippen LogP contribution is 2.38. The Morgan fingerprint density at radius 1 is 1.25 bits per heavy atom. The molecule has 0 bridgehead atoms. The van der Waals surface area contributed by atoms with Gasteiger partial charge in [-0.3, -0.25) is 0 Å². The molecule has 2 N–H and O–H groups in total. The summed E-state index contributed by atoms with van der Waals surface area (Å²) in [6, 6.07) is 11.8. The summed E-state index contributed by atoms with van der Waals surface area (Å²) in [6.07, 6.45) is 1.46. The quantitative estimate of drug-likeness (QED) is 0.549. The van der Waals surface area contributed by atoms with Crippen LogP contribution in [0.2, 0.25) is 0 Å². The van der Waals surface area contributed by atoms with Crippen LogP contribution in [-0.2, 0) is 4.74 Å². The fraction of sp³-hybridized carbons (Fsp3) is 0.111. The number of aromatic hydroxyl groups is 2. The molecule has 0 atom stereocenters. The number of benzene rings is 2. The number of nitrogens with zero attached hydrogens (tertiary/aromatic N) is 1. The van der Waals surface area contributed by atoms with Crippen molar-refractivity contribution in [3.05, 3.63) is 53.6 Å². The van der Waals surface area contributed by atoms with Gasteiger partial charge in [-0.15, -0.1) is 11.3 Å². The van der Waals surface area contributed by atoms with Crippen LogP contribution < -0.4 is 0 Å². The van der Waals surface area contributed by atoms with Gasteiger partial charge in [-0.25, -0.2) is 9.79 Å². The molecule has 0 unspecified atom stereocenters. The minimum absolute atomic E-state index is 0.0290. The van der Waals surface area contributed by atoms with E-state index in [1.807, 2.05) is 24.3 Å². The number of aliphatic imine (C=N–C) groups is 1. The molecule has 0 aliphatic rings. The summed E-state index contributed by atoms with van der Waals surface area (Å²) in [5.41, 5.74) is 0.868. The Labute approximate surface area is 142 Å². The lowest BCUT2D eigenvalue weighted by molar-refractivity contribution is 0.0530. The third-order valence-corrected chi connectivity index (χ3v) is 4.47. The first-order valence-electron chi connectivity index (χ1n) is 7.35. The van der Waals surface area contributed by atoms with E-state index in [4.69, 9.17) is 4.74 Å². The largest absolute Gasteiger partial charge is 0.508 e. The van der Waals surface area contributed by atoms with Gasteiger partial charge in [0.25, 0.3) is 0 Å². The number of esters is 1. The maximum Gasteiger partial charge on any atom is 0.341 e. The van der Waals surface area contributed by atoms with Crippen LogP contribution >= 0.6 is 11.3 Å². The number of carbonyl (C=O) groups is 1. The van der Waals surface area contributed by atoms with Crippen molar-refractivity contribution in [1.82, 2.24) is 0 Å². The molecule has 2 aromatic carbocycles. The third kappa shape index (κ3) is 3.09.